The summed E-state index contributed by atoms with van der Waals surface area (Å²) in [6.45, 7) is 1.45. The summed E-state index contributed by atoms with van der Waals surface area (Å²) in [6, 6.07) is 0. The van der Waals surface area contributed by atoms with Crippen molar-refractivity contribution in [2.24, 2.45) is 0 Å². The lowest BCUT2D eigenvalue weighted by Crippen LogP contribution is -2.35. The molecule has 0 saturated carbocycles. The van der Waals surface area contributed by atoms with E-state index in [0.29, 0.717) is 6.42 Å². The van der Waals surface area contributed by atoms with Gasteiger partial charge in [0.05, 0.1) is 19.3 Å². The lowest BCUT2D eigenvalue weighted by molar-refractivity contribution is -0.0446. The molecular weight excluding hydrogens is 120 g/mol. The molecule has 1 aliphatic heterocycles. The maximum atomic E-state index is 9.01. The van der Waals surface area contributed by atoms with Gasteiger partial charge in [0.25, 0.3) is 0 Å². The van der Waals surface area contributed by atoms with Crippen LogP contribution in [0.1, 0.15) is 6.42 Å². The Labute approximate surface area is 54.3 Å². The standard InChI is InChI=1S/C6H10O3/c7-4-6-5(8)2-1-3-9-6/h2-3,5-8H,1,4H2/t5-,6+/m0/s1. The van der Waals surface area contributed by atoms with Crippen molar-refractivity contribution in [3.63, 3.8) is 0 Å². The average Bonchev–Trinajstić information content (AvgIpc) is 1.89. The normalized spacial score (nSPS) is 36.7. The van der Waals surface area contributed by atoms with E-state index in [1.807, 2.05) is 0 Å². The van der Waals surface area contributed by atoms with Gasteiger partial charge in [-0.2, -0.15) is 0 Å². The molecule has 3 heteroatoms. The maximum absolute atomic E-state index is 9.01. The molecule has 52 valence electrons. The molecule has 0 spiro atoms. The highest BCUT2D eigenvalue weighted by atomic mass is 16.5. The number of rotatable bonds is 1. The van der Waals surface area contributed by atoms with E-state index in [0.717, 1.165) is 0 Å². The smallest absolute Gasteiger partial charge is 0.107 e. The third-order valence-electron chi connectivity index (χ3n) is 1.31. The highest BCUT2D eigenvalue weighted by molar-refractivity contribution is 4.89. The Morgan fingerprint density at radius 3 is 2.89 bits per heavy atom. The first-order valence-electron chi connectivity index (χ1n) is 2.94. The molecule has 3 nitrogen and oxygen atoms in total. The second-order valence-electron chi connectivity index (χ2n) is 1.99. The van der Waals surface area contributed by atoms with Crippen LogP contribution in [0.25, 0.3) is 0 Å². The Morgan fingerprint density at radius 2 is 2.44 bits per heavy atom. The predicted octanol–water partition coefficient (Wildman–Crippen LogP) is -0.505. The first-order chi connectivity index (χ1) is 4.34. The quantitative estimate of drug-likeness (QED) is 0.503. The van der Waals surface area contributed by atoms with Gasteiger partial charge in [-0.1, -0.05) is 0 Å². The number of aliphatic hydroxyl groups excluding tert-OH is 2. The van der Waals surface area contributed by atoms with E-state index < -0.39 is 12.2 Å². The van der Waals surface area contributed by atoms with Crippen molar-refractivity contribution in [2.45, 2.75) is 18.6 Å². The van der Waals surface area contributed by atoms with Crippen LogP contribution in [0.15, 0.2) is 0 Å². The number of hydrogen-bond donors (Lipinski definition) is 2. The van der Waals surface area contributed by atoms with Crippen LogP contribution in [0.5, 0.6) is 0 Å². The minimum Gasteiger partial charge on any atom is -0.394 e. The van der Waals surface area contributed by atoms with E-state index >= 15 is 0 Å². The highest BCUT2D eigenvalue weighted by Gasteiger charge is 2.22. The summed E-state index contributed by atoms with van der Waals surface area (Å²) >= 11 is 0. The highest BCUT2D eigenvalue weighted by Crippen LogP contribution is 2.14. The van der Waals surface area contributed by atoms with Gasteiger partial charge in [-0.3, -0.25) is 0 Å². The van der Waals surface area contributed by atoms with Crippen LogP contribution in [0.4, 0.5) is 0 Å². The van der Waals surface area contributed by atoms with Crippen LogP contribution < -0.4 is 0 Å². The molecule has 1 heterocycles. The lowest BCUT2D eigenvalue weighted by Gasteiger charge is -2.25. The monoisotopic (exact) mass is 130 g/mol. The molecule has 1 aliphatic rings. The summed E-state index contributed by atoms with van der Waals surface area (Å²) < 4.78 is 4.88. The van der Waals surface area contributed by atoms with Gasteiger partial charge < -0.3 is 14.9 Å². The largest absolute Gasteiger partial charge is 0.394 e. The molecule has 2 N–H and O–H groups in total. The third kappa shape index (κ3) is 1.64. The van der Waals surface area contributed by atoms with E-state index in [1.165, 1.54) is 0 Å². The minimum atomic E-state index is -0.611. The first kappa shape index (κ1) is 6.99. The molecule has 2 radical (unpaired) electrons. The zero-order valence-electron chi connectivity index (χ0n) is 5.03. The molecule has 0 aliphatic carbocycles. The molecular formula is C6H10O3. The third-order valence-corrected chi connectivity index (χ3v) is 1.31. The van der Waals surface area contributed by atoms with Crippen molar-refractivity contribution in [1.82, 2.24) is 0 Å². The molecule has 0 aromatic rings. The van der Waals surface area contributed by atoms with E-state index in [2.05, 4.69) is 0 Å². The zero-order chi connectivity index (χ0) is 6.69. The van der Waals surface area contributed by atoms with Crippen molar-refractivity contribution in [2.75, 3.05) is 6.61 Å². The lowest BCUT2D eigenvalue weighted by atomic mass is 10.1. The maximum Gasteiger partial charge on any atom is 0.107 e. The van der Waals surface area contributed by atoms with Crippen LogP contribution in [-0.4, -0.2) is 29.0 Å². The summed E-state index contributed by atoms with van der Waals surface area (Å²) in [6.07, 6.45) is 1.29. The van der Waals surface area contributed by atoms with Crippen LogP contribution >= 0.6 is 0 Å². The van der Waals surface area contributed by atoms with Gasteiger partial charge in [-0.25, -0.2) is 0 Å². The fraction of sp³-hybridized carbons (Fsp3) is 0.667. The SMILES string of the molecule is OC[C@H]1O[CH]C[CH][C@@H]1O. The van der Waals surface area contributed by atoms with Crippen molar-refractivity contribution < 1.29 is 14.9 Å². The Bertz CT molecular complexity index is 84.4. The van der Waals surface area contributed by atoms with Crippen LogP contribution in [-0.2, 0) is 4.74 Å². The molecule has 1 rings (SSSR count). The van der Waals surface area contributed by atoms with Gasteiger partial charge in [0.1, 0.15) is 6.10 Å². The Kier molecular flexibility index (Phi) is 2.45. The van der Waals surface area contributed by atoms with Crippen molar-refractivity contribution in [3.8, 4) is 0 Å². The molecule has 0 amide bonds. The Balaban J connectivity index is 2.30. The van der Waals surface area contributed by atoms with E-state index in [4.69, 9.17) is 14.9 Å². The van der Waals surface area contributed by atoms with Gasteiger partial charge in [0.2, 0.25) is 0 Å². The molecule has 0 bridgehead atoms. The van der Waals surface area contributed by atoms with E-state index in [-0.39, 0.29) is 6.61 Å². The van der Waals surface area contributed by atoms with Crippen molar-refractivity contribution in [3.05, 3.63) is 13.0 Å². The fourth-order valence-corrected chi connectivity index (χ4v) is 0.757. The first-order valence-corrected chi connectivity index (χ1v) is 2.94. The van der Waals surface area contributed by atoms with Crippen molar-refractivity contribution >= 4 is 0 Å². The van der Waals surface area contributed by atoms with Gasteiger partial charge >= 0.3 is 0 Å². The van der Waals surface area contributed by atoms with Crippen LogP contribution in [0.3, 0.4) is 0 Å². The Morgan fingerprint density at radius 1 is 1.67 bits per heavy atom. The molecule has 9 heavy (non-hydrogen) atoms. The minimum absolute atomic E-state index is 0.131. The summed E-state index contributed by atoms with van der Waals surface area (Å²) in [5, 5.41) is 17.5. The summed E-state index contributed by atoms with van der Waals surface area (Å²) in [5.41, 5.74) is 0. The van der Waals surface area contributed by atoms with Gasteiger partial charge in [0.15, 0.2) is 0 Å². The molecule has 0 unspecified atom stereocenters. The topological polar surface area (TPSA) is 49.7 Å². The average molecular weight is 130 g/mol. The molecule has 2 atom stereocenters. The number of ether oxygens (including phenoxy) is 1. The van der Waals surface area contributed by atoms with Crippen molar-refractivity contribution in [1.29, 1.82) is 0 Å². The Hall–Kier alpha value is -0.120. The predicted molar refractivity (Wildman–Crippen MR) is 31.2 cm³/mol. The number of hydrogen-bond acceptors (Lipinski definition) is 3. The molecule has 0 aromatic heterocycles. The van der Waals surface area contributed by atoms with E-state index in [1.54, 1.807) is 13.0 Å². The summed E-state index contributed by atoms with van der Waals surface area (Å²) in [5.74, 6) is 0. The second-order valence-corrected chi connectivity index (χ2v) is 1.99. The van der Waals surface area contributed by atoms with Gasteiger partial charge in [0, 0.05) is 0 Å². The van der Waals surface area contributed by atoms with Crippen LogP contribution in [0.2, 0.25) is 0 Å². The summed E-state index contributed by atoms with van der Waals surface area (Å²) in [4.78, 5) is 0. The molecule has 0 aromatic carbocycles. The van der Waals surface area contributed by atoms with Crippen LogP contribution in [0, 0.1) is 13.0 Å². The zero-order valence-corrected chi connectivity index (χ0v) is 5.03. The molecule has 1 fully saturated rings. The number of aliphatic hydroxyl groups is 2. The van der Waals surface area contributed by atoms with E-state index in [9.17, 15) is 0 Å². The molecule has 1 saturated heterocycles. The fourth-order valence-electron chi connectivity index (χ4n) is 0.757. The summed E-state index contributed by atoms with van der Waals surface area (Å²) in [7, 11) is 0. The van der Waals surface area contributed by atoms with Gasteiger partial charge in [-0.05, 0) is 12.8 Å². The van der Waals surface area contributed by atoms with Gasteiger partial charge in [-0.15, -0.1) is 0 Å². The second kappa shape index (κ2) is 3.15.